The van der Waals surface area contributed by atoms with Gasteiger partial charge in [-0.05, 0) is 24.4 Å². The van der Waals surface area contributed by atoms with Gasteiger partial charge in [-0.25, -0.2) is 0 Å². The maximum atomic E-state index is 11.5. The van der Waals surface area contributed by atoms with Crippen LogP contribution in [0.3, 0.4) is 0 Å². The number of halogens is 3. The third-order valence-corrected chi connectivity index (χ3v) is 0.450. The Bertz CT molecular complexity index is 115. The minimum Gasteiger partial charge on any atom is -0.175 e. The number of alkyl halides is 3. The van der Waals surface area contributed by atoms with Gasteiger partial charge in [0.2, 0.25) is 0 Å². The van der Waals surface area contributed by atoms with E-state index in [2.05, 4.69) is 18.5 Å². The van der Waals surface area contributed by atoms with Crippen molar-refractivity contribution in [2.45, 2.75) is 11.8 Å². The molecule has 0 atom stereocenters. The first-order valence-corrected chi connectivity index (χ1v) is 2.30. The summed E-state index contributed by atoms with van der Waals surface area (Å²) in [5.41, 5.74) is 0. The molecule has 0 aliphatic rings. The fourth-order valence-corrected chi connectivity index (χ4v) is 0.230. The normalized spacial score (nSPS) is 10.0. The van der Waals surface area contributed by atoms with E-state index in [1.54, 1.807) is 0 Å². The minimum atomic E-state index is -3.38. The van der Waals surface area contributed by atoms with Crippen molar-refractivity contribution in [3.8, 4) is 11.8 Å². The molecule has 0 rings (SSSR count). The van der Waals surface area contributed by atoms with Crippen molar-refractivity contribution >= 4 is 11.6 Å². The first-order valence-electron chi connectivity index (χ1n) is 1.92. The highest BCUT2D eigenvalue weighted by Gasteiger charge is 2.19. The van der Waals surface area contributed by atoms with E-state index in [-0.39, 0.29) is 6.42 Å². The van der Waals surface area contributed by atoms with E-state index >= 15 is 0 Å². The number of rotatable bonds is 0. The van der Waals surface area contributed by atoms with E-state index in [9.17, 15) is 8.78 Å². The topological polar surface area (TPSA) is 0 Å². The molecule has 0 unspecified atom stereocenters. The van der Waals surface area contributed by atoms with Gasteiger partial charge in [0.1, 0.15) is 0 Å². The van der Waals surface area contributed by atoms with Gasteiger partial charge in [-0.15, -0.1) is 0 Å². The van der Waals surface area contributed by atoms with Crippen molar-refractivity contribution in [1.82, 2.24) is 0 Å². The van der Waals surface area contributed by atoms with Crippen molar-refractivity contribution in [3.63, 3.8) is 0 Å². The van der Waals surface area contributed by atoms with E-state index in [0.717, 1.165) is 0 Å². The second kappa shape index (κ2) is 2.88. The number of hydrogen-bond donors (Lipinski definition) is 0. The zero-order chi connectivity index (χ0) is 6.62. The van der Waals surface area contributed by atoms with Crippen LogP contribution in [0.25, 0.3) is 0 Å². The highest BCUT2D eigenvalue weighted by molar-refractivity contribution is 6.23. The molecular formula is C5H4ClF2. The summed E-state index contributed by atoms with van der Waals surface area (Å²) < 4.78 is 22.9. The molecule has 3 heteroatoms. The third kappa shape index (κ3) is 5.71. The molecule has 0 fully saturated rings. The van der Waals surface area contributed by atoms with Gasteiger partial charge in [-0.3, -0.25) is 0 Å². The van der Waals surface area contributed by atoms with Gasteiger partial charge in [0, 0.05) is 6.42 Å². The van der Waals surface area contributed by atoms with Crippen LogP contribution in [0.5, 0.6) is 0 Å². The van der Waals surface area contributed by atoms with Crippen LogP contribution in [0.4, 0.5) is 8.78 Å². The zero-order valence-corrected chi connectivity index (χ0v) is 4.80. The monoisotopic (exact) mass is 137 g/mol. The lowest BCUT2D eigenvalue weighted by Gasteiger charge is -1.92. The molecule has 0 spiro atoms. The smallest absolute Gasteiger partial charge is 0.175 e. The van der Waals surface area contributed by atoms with Crippen LogP contribution < -0.4 is 0 Å². The average molecular weight is 138 g/mol. The van der Waals surface area contributed by atoms with E-state index in [1.165, 1.54) is 5.92 Å². The molecule has 8 heavy (non-hydrogen) atoms. The predicted molar refractivity (Wildman–Crippen MR) is 28.5 cm³/mol. The predicted octanol–water partition coefficient (Wildman–Crippen LogP) is 2.05. The molecule has 45 valence electrons. The van der Waals surface area contributed by atoms with Gasteiger partial charge >= 0.3 is 5.38 Å². The Kier molecular flexibility index (Phi) is 2.78. The first kappa shape index (κ1) is 7.71. The van der Waals surface area contributed by atoms with Crippen LogP contribution in [0, 0.1) is 18.8 Å². The SMILES string of the molecule is [CH2]CC#CC(F)(F)Cl. The summed E-state index contributed by atoms with van der Waals surface area (Å²) in [6.45, 7) is 3.22. The highest BCUT2D eigenvalue weighted by Crippen LogP contribution is 2.15. The maximum Gasteiger partial charge on any atom is 0.385 e. The van der Waals surface area contributed by atoms with Crippen LogP contribution in [0.15, 0.2) is 0 Å². The molecule has 1 radical (unpaired) electrons. The van der Waals surface area contributed by atoms with Crippen molar-refractivity contribution in [2.24, 2.45) is 0 Å². The summed E-state index contributed by atoms with van der Waals surface area (Å²) in [5.74, 6) is 3.54. The summed E-state index contributed by atoms with van der Waals surface area (Å²) in [6, 6.07) is 0. The Labute approximate surface area is 51.8 Å². The Morgan fingerprint density at radius 1 is 1.62 bits per heavy atom. The van der Waals surface area contributed by atoms with Crippen molar-refractivity contribution in [1.29, 1.82) is 0 Å². The molecule has 0 aromatic heterocycles. The lowest BCUT2D eigenvalue weighted by molar-refractivity contribution is 0.164. The van der Waals surface area contributed by atoms with Gasteiger partial charge in [0.05, 0.1) is 0 Å². The maximum absolute atomic E-state index is 11.5. The molecule has 0 amide bonds. The van der Waals surface area contributed by atoms with Crippen LogP contribution in [-0.4, -0.2) is 5.38 Å². The summed E-state index contributed by atoms with van der Waals surface area (Å²) in [7, 11) is 0. The number of hydrogen-bond acceptors (Lipinski definition) is 0. The molecule has 0 N–H and O–H groups in total. The van der Waals surface area contributed by atoms with Crippen LogP contribution in [0.1, 0.15) is 6.42 Å². The fourth-order valence-electron chi connectivity index (χ4n) is 0.163. The Balaban J connectivity index is 3.69. The molecule has 0 aliphatic carbocycles. The van der Waals surface area contributed by atoms with Crippen LogP contribution in [-0.2, 0) is 0 Å². The Hall–Kier alpha value is -0.290. The second-order valence-electron chi connectivity index (χ2n) is 1.05. The van der Waals surface area contributed by atoms with Gasteiger partial charge in [0.25, 0.3) is 0 Å². The largest absolute Gasteiger partial charge is 0.385 e. The summed E-state index contributed by atoms with van der Waals surface area (Å²) in [6.07, 6.45) is 0.155. The molecular weight excluding hydrogens is 134 g/mol. The van der Waals surface area contributed by atoms with E-state index in [1.807, 2.05) is 5.92 Å². The molecule has 0 heterocycles. The van der Waals surface area contributed by atoms with E-state index < -0.39 is 5.38 Å². The van der Waals surface area contributed by atoms with Crippen molar-refractivity contribution in [2.75, 3.05) is 0 Å². The Morgan fingerprint density at radius 3 is 2.25 bits per heavy atom. The summed E-state index contributed by atoms with van der Waals surface area (Å²) in [5, 5.41) is -3.38. The standard InChI is InChI=1S/C5H4ClF2/c1-2-3-4-5(6,7)8/h1-2H2. The average Bonchev–Trinajstić information content (AvgIpc) is 1.59. The molecule has 0 aliphatic heterocycles. The van der Waals surface area contributed by atoms with Crippen LogP contribution >= 0.6 is 11.6 Å². The van der Waals surface area contributed by atoms with Gasteiger partial charge in [-0.1, -0.05) is 5.92 Å². The van der Waals surface area contributed by atoms with E-state index in [4.69, 9.17) is 0 Å². The summed E-state index contributed by atoms with van der Waals surface area (Å²) in [4.78, 5) is 0. The van der Waals surface area contributed by atoms with Gasteiger partial charge < -0.3 is 0 Å². The molecule has 0 aromatic rings. The van der Waals surface area contributed by atoms with Crippen LogP contribution in [0.2, 0.25) is 0 Å². The van der Waals surface area contributed by atoms with Crippen molar-refractivity contribution < 1.29 is 8.78 Å². The molecule has 0 nitrogen and oxygen atoms in total. The Morgan fingerprint density at radius 2 is 2.12 bits per heavy atom. The lowest BCUT2D eigenvalue weighted by Crippen LogP contribution is -1.98. The van der Waals surface area contributed by atoms with E-state index in [0.29, 0.717) is 0 Å². The lowest BCUT2D eigenvalue weighted by atomic mass is 10.5. The molecule has 0 saturated heterocycles. The summed E-state index contributed by atoms with van der Waals surface area (Å²) >= 11 is 4.38. The highest BCUT2D eigenvalue weighted by atomic mass is 35.5. The van der Waals surface area contributed by atoms with Crippen molar-refractivity contribution in [3.05, 3.63) is 6.92 Å². The zero-order valence-electron chi connectivity index (χ0n) is 4.05. The minimum absolute atomic E-state index is 0.155. The van der Waals surface area contributed by atoms with Gasteiger partial charge in [-0.2, -0.15) is 8.78 Å². The molecule has 0 saturated carbocycles. The van der Waals surface area contributed by atoms with Gasteiger partial charge in [0.15, 0.2) is 0 Å². The third-order valence-electron chi connectivity index (χ3n) is 0.355. The second-order valence-corrected chi connectivity index (χ2v) is 1.52. The molecule has 0 bridgehead atoms. The first-order chi connectivity index (χ1) is 3.56. The fraction of sp³-hybridized carbons (Fsp3) is 0.400. The quantitative estimate of drug-likeness (QED) is 0.354. The molecule has 0 aromatic carbocycles.